The molecule has 81 heavy (non-hydrogen) atoms. The first-order valence-corrected chi connectivity index (χ1v) is 30.7. The summed E-state index contributed by atoms with van der Waals surface area (Å²) in [5.74, 6) is -4.40. The molecule has 2 heterocycles. The number of aliphatic imine (C=N–C) groups is 1. The molecule has 0 spiro atoms. The first-order valence-electron chi connectivity index (χ1n) is 28.7. The van der Waals surface area contributed by atoms with Gasteiger partial charge in [0.15, 0.2) is 5.91 Å². The summed E-state index contributed by atoms with van der Waals surface area (Å²) in [6.45, 7) is 42.8. The van der Waals surface area contributed by atoms with Crippen molar-refractivity contribution in [3.8, 4) is 0 Å². The number of nitrogens with zero attached hydrogens (tertiary/aromatic N) is 2. The van der Waals surface area contributed by atoms with Gasteiger partial charge in [-0.2, -0.15) is 0 Å². The Morgan fingerprint density at radius 2 is 1.17 bits per heavy atom. The van der Waals surface area contributed by atoms with Crippen molar-refractivity contribution in [3.05, 3.63) is 33.7 Å². The Labute approximate surface area is 502 Å². The largest absolute Gasteiger partial charge is 0.481 e. The fourth-order valence-corrected chi connectivity index (χ4v) is 13.2. The SMILES string of the molecule is CCC(C)(C)C(=O)OCCCSC(C)C(=O)NC1=NC(=Cc2[n-]c(NC(=O)C(C)SC(CC(=O)O)C(=O)O)c(C(=O)OC3C(C(C)(C)C)CC(C)CC3C(C)(C)C)c2C)C(C)=C1C(=O)OC1C(C(C)(C)C)CC(C)CC1C(C)(C)C.[Co]. The van der Waals surface area contributed by atoms with E-state index in [4.69, 9.17) is 24.2 Å². The number of carboxylic acids is 2. The average Bonchev–Trinajstić information content (AvgIpc) is 3.79. The van der Waals surface area contributed by atoms with Crippen LogP contribution < -0.4 is 15.6 Å². The van der Waals surface area contributed by atoms with Crippen LogP contribution in [0.1, 0.15) is 205 Å². The number of thioether (sulfide) groups is 2. The van der Waals surface area contributed by atoms with Crippen LogP contribution in [0.2, 0.25) is 0 Å². The number of carbonyl (C=O) groups is 7. The molecule has 7 unspecified atom stereocenters. The normalized spacial score (nSPS) is 24.5. The third-order valence-corrected chi connectivity index (χ3v) is 19.4. The van der Waals surface area contributed by atoms with Gasteiger partial charge in [-0.1, -0.05) is 104 Å². The third kappa shape index (κ3) is 18.7. The maximum Gasteiger partial charge on any atom is 0.342 e. The average molecular weight is 1210 g/mol. The van der Waals surface area contributed by atoms with E-state index in [0.717, 1.165) is 25.7 Å². The molecule has 4 N–H and O–H groups in total. The van der Waals surface area contributed by atoms with Crippen LogP contribution in [0.4, 0.5) is 5.82 Å². The number of esters is 3. The molecular formula is C62H97CoN4O12S2-. The number of nitrogens with one attached hydrogen (secondary N) is 2. The topological polar surface area (TPSA) is 238 Å². The molecule has 19 heteroatoms. The molecule has 459 valence electrons. The minimum atomic E-state index is -1.44. The zero-order valence-electron chi connectivity index (χ0n) is 52.3. The Kier molecular flexibility index (Phi) is 24.8. The van der Waals surface area contributed by atoms with Crippen molar-refractivity contribution in [1.29, 1.82) is 0 Å². The molecule has 4 rings (SSSR count). The van der Waals surface area contributed by atoms with Gasteiger partial charge in [-0.3, -0.25) is 24.0 Å². The number of aromatic nitrogens is 1. The summed E-state index contributed by atoms with van der Waals surface area (Å²) in [6.07, 6.45) is 4.42. The second-order valence-electron chi connectivity index (χ2n) is 28.0. The van der Waals surface area contributed by atoms with Crippen LogP contribution in [0.3, 0.4) is 0 Å². The van der Waals surface area contributed by atoms with Crippen molar-refractivity contribution in [1.82, 2.24) is 10.3 Å². The number of carbonyl (C=O) groups excluding carboxylic acids is 5. The van der Waals surface area contributed by atoms with E-state index in [0.29, 0.717) is 53.3 Å². The zero-order chi connectivity index (χ0) is 60.9. The molecule has 1 aromatic heterocycles. The molecule has 0 bridgehead atoms. The van der Waals surface area contributed by atoms with Gasteiger partial charge in [0.05, 0.1) is 40.2 Å². The fourth-order valence-electron chi connectivity index (χ4n) is 11.3. The summed E-state index contributed by atoms with van der Waals surface area (Å²) in [6, 6.07) is 0. The monoisotopic (exact) mass is 1210 g/mol. The van der Waals surface area contributed by atoms with Gasteiger partial charge >= 0.3 is 29.8 Å². The Bertz CT molecular complexity index is 2510. The second-order valence-corrected chi connectivity index (χ2v) is 31.0. The molecule has 7 atom stereocenters. The summed E-state index contributed by atoms with van der Waals surface area (Å²) in [5, 5.41) is 21.8. The number of amidine groups is 1. The van der Waals surface area contributed by atoms with Crippen molar-refractivity contribution >= 4 is 82.9 Å². The zero-order valence-corrected chi connectivity index (χ0v) is 55.0. The summed E-state index contributed by atoms with van der Waals surface area (Å²) >= 11 is 2.03. The van der Waals surface area contributed by atoms with E-state index >= 15 is 9.59 Å². The van der Waals surface area contributed by atoms with Crippen LogP contribution in [0, 0.1) is 69.5 Å². The smallest absolute Gasteiger partial charge is 0.342 e. The molecule has 1 radical (unpaired) electrons. The molecule has 0 aromatic carbocycles. The van der Waals surface area contributed by atoms with Gasteiger partial charge < -0.3 is 40.0 Å². The fraction of sp³-hybridized carbons (Fsp3) is 0.742. The minimum Gasteiger partial charge on any atom is -0.481 e. The van der Waals surface area contributed by atoms with E-state index in [1.165, 1.54) is 18.7 Å². The molecule has 3 aliphatic rings. The summed E-state index contributed by atoms with van der Waals surface area (Å²) in [5.41, 5.74) is -0.338. The van der Waals surface area contributed by atoms with Gasteiger partial charge in [-0.25, -0.2) is 14.6 Å². The Balaban J connectivity index is 0.0000172. The molecule has 2 saturated carbocycles. The van der Waals surface area contributed by atoms with E-state index in [-0.39, 0.29) is 109 Å². The first-order chi connectivity index (χ1) is 36.6. The van der Waals surface area contributed by atoms with Crippen molar-refractivity contribution in [2.24, 2.45) is 67.6 Å². The van der Waals surface area contributed by atoms with Crippen LogP contribution in [0.15, 0.2) is 21.8 Å². The molecular weight excluding hydrogens is 1120 g/mol. The number of ether oxygens (including phenoxy) is 3. The van der Waals surface area contributed by atoms with Gasteiger partial charge in [-0.05, 0) is 148 Å². The van der Waals surface area contributed by atoms with E-state index in [1.54, 1.807) is 26.8 Å². The molecule has 16 nitrogen and oxygen atoms in total. The molecule has 0 saturated heterocycles. The van der Waals surface area contributed by atoms with Crippen molar-refractivity contribution in [2.75, 3.05) is 17.7 Å². The number of rotatable bonds is 20. The summed E-state index contributed by atoms with van der Waals surface area (Å²) in [4.78, 5) is 104. The predicted octanol–water partition coefficient (Wildman–Crippen LogP) is 12.6. The van der Waals surface area contributed by atoms with Crippen molar-refractivity contribution in [2.45, 2.75) is 218 Å². The first kappa shape index (κ1) is 71.2. The van der Waals surface area contributed by atoms with E-state index in [2.05, 4.69) is 108 Å². The van der Waals surface area contributed by atoms with Crippen molar-refractivity contribution < 1.29 is 74.8 Å². The minimum absolute atomic E-state index is 0. The number of hydrogen-bond acceptors (Lipinski definition) is 13. The third-order valence-electron chi connectivity index (χ3n) is 16.8. The van der Waals surface area contributed by atoms with E-state index in [9.17, 15) is 34.2 Å². The second kappa shape index (κ2) is 28.2. The maximum atomic E-state index is 15.1. The number of carboxylic acid groups (broad SMARTS) is 2. The Morgan fingerprint density at radius 3 is 1.60 bits per heavy atom. The predicted molar refractivity (Wildman–Crippen MR) is 319 cm³/mol. The van der Waals surface area contributed by atoms with Gasteiger partial charge in [0.2, 0.25) is 5.91 Å². The molecule has 2 aliphatic carbocycles. The Hall–Kier alpha value is -4.07. The Morgan fingerprint density at radius 1 is 0.716 bits per heavy atom. The number of anilines is 1. The summed E-state index contributed by atoms with van der Waals surface area (Å²) < 4.78 is 19.0. The van der Waals surface area contributed by atoms with Crippen LogP contribution in [-0.4, -0.2) is 98.0 Å². The van der Waals surface area contributed by atoms with Crippen LogP contribution >= 0.6 is 23.5 Å². The molecule has 1 aromatic rings. The number of allylic oxidation sites excluding steroid dienone is 1. The van der Waals surface area contributed by atoms with Crippen molar-refractivity contribution in [3.63, 3.8) is 0 Å². The molecule has 2 fully saturated rings. The number of hydrogen-bond donors (Lipinski definition) is 4. The van der Waals surface area contributed by atoms with E-state index in [1.807, 2.05) is 20.8 Å². The van der Waals surface area contributed by atoms with Gasteiger partial charge in [0.25, 0.3) is 0 Å². The van der Waals surface area contributed by atoms with Gasteiger partial charge in [0.1, 0.15) is 28.9 Å². The number of aliphatic carboxylic acids is 2. The van der Waals surface area contributed by atoms with Gasteiger partial charge in [0, 0.05) is 40.5 Å². The number of amides is 2. The van der Waals surface area contributed by atoms with Crippen LogP contribution in [0.5, 0.6) is 0 Å². The molecule has 1 aliphatic heterocycles. The quantitative estimate of drug-likeness (QED) is 0.0539. The summed E-state index contributed by atoms with van der Waals surface area (Å²) in [7, 11) is 0. The van der Waals surface area contributed by atoms with Crippen LogP contribution in [0.25, 0.3) is 6.08 Å². The molecule has 2 amide bonds. The van der Waals surface area contributed by atoms with Gasteiger partial charge in [-0.15, -0.1) is 23.5 Å². The van der Waals surface area contributed by atoms with Crippen LogP contribution in [-0.2, 0) is 59.8 Å². The maximum absolute atomic E-state index is 15.1. The van der Waals surface area contributed by atoms with E-state index < -0.39 is 75.5 Å². The standard InChI is InChI=1S/C62H98N4O12S2.Co/c1-22-62(20,21)57(75)76-24-23-25-79-36(6)52(69)65-50-46(55(73)77-48-38(58(8,9)10)26-32(2)27-39(48)59(11,12)13)34(4)42(63-50)30-43-35(5)47(51(64-43)66-53(70)37(7)80-44(54(71)72)31-45(67)68)56(74)78-49-40(60(14,15)16)28-33(3)29-41(49)61(17,18)19;/h30,32-33,36-41,44,48-49H,22-29,31H2,1-21H3,(H5,63,64,65,66,67,68,69,70,71,72,73,74);/p-1.